The molecule has 3 aromatic rings. The number of ether oxygens (including phenoxy) is 1. The smallest absolute Gasteiger partial charge is 0.132 e. The van der Waals surface area contributed by atoms with Crippen LogP contribution in [0.5, 0.6) is 5.75 Å². The Hall–Kier alpha value is -2.30. The number of fused-ring (bicyclic) bond motifs is 1. The second-order valence-corrected chi connectivity index (χ2v) is 6.02. The molecule has 4 nitrogen and oxygen atoms in total. The molecule has 0 bridgehead atoms. The number of rotatable bonds is 7. The summed E-state index contributed by atoms with van der Waals surface area (Å²) in [5, 5.41) is 15.9. The van der Waals surface area contributed by atoms with E-state index in [2.05, 4.69) is 30.4 Å². The van der Waals surface area contributed by atoms with Crippen molar-refractivity contribution in [1.82, 2.24) is 5.32 Å². The average Bonchev–Trinajstić information content (AvgIpc) is 3.14. The van der Waals surface area contributed by atoms with Crippen molar-refractivity contribution in [2.24, 2.45) is 0 Å². The molecule has 0 spiro atoms. The largest absolute Gasteiger partial charge is 0.496 e. The normalized spacial score (nSPS) is 13.8. The first-order chi connectivity index (χ1) is 11.7. The van der Waals surface area contributed by atoms with Gasteiger partial charge < -0.3 is 19.6 Å². The molecule has 24 heavy (non-hydrogen) atoms. The molecule has 0 saturated heterocycles. The summed E-state index contributed by atoms with van der Waals surface area (Å²) in [5.41, 5.74) is 1.21. The maximum atomic E-state index is 10.2. The fourth-order valence-corrected chi connectivity index (χ4v) is 2.97. The lowest BCUT2D eigenvalue weighted by atomic mass is 10.0. The lowest BCUT2D eigenvalue weighted by Crippen LogP contribution is -2.27. The van der Waals surface area contributed by atoms with E-state index in [4.69, 9.17) is 9.15 Å². The average molecular weight is 325 g/mol. The highest BCUT2D eigenvalue weighted by atomic mass is 16.5. The Bertz CT molecular complexity index is 783. The number of hydrogen-bond donors (Lipinski definition) is 2. The predicted molar refractivity (Wildman–Crippen MR) is 95.1 cm³/mol. The maximum absolute atomic E-state index is 10.2. The molecule has 0 saturated carbocycles. The van der Waals surface area contributed by atoms with Crippen molar-refractivity contribution < 1.29 is 14.3 Å². The van der Waals surface area contributed by atoms with Crippen molar-refractivity contribution in [2.45, 2.75) is 32.0 Å². The van der Waals surface area contributed by atoms with Crippen LogP contribution in [0.15, 0.2) is 59.2 Å². The zero-order valence-electron chi connectivity index (χ0n) is 14.0. The van der Waals surface area contributed by atoms with E-state index in [1.165, 1.54) is 10.9 Å². The molecule has 0 fully saturated rings. The van der Waals surface area contributed by atoms with Crippen LogP contribution in [0, 0.1) is 0 Å². The zero-order chi connectivity index (χ0) is 16.9. The standard InChI is InChI=1S/C20H23NO3/c1-14(12-18(22)20-8-5-11-24-20)21-13-15-9-10-19(23-2)17-7-4-3-6-16(15)17/h3-11,14,18,21-22H,12-13H2,1-2H3. The van der Waals surface area contributed by atoms with E-state index in [0.29, 0.717) is 12.2 Å². The summed E-state index contributed by atoms with van der Waals surface area (Å²) in [6.45, 7) is 2.80. The van der Waals surface area contributed by atoms with Gasteiger partial charge in [0.1, 0.15) is 17.6 Å². The van der Waals surface area contributed by atoms with Crippen LogP contribution in [0.1, 0.15) is 30.8 Å². The first-order valence-corrected chi connectivity index (χ1v) is 8.18. The molecule has 126 valence electrons. The molecule has 0 aliphatic heterocycles. The van der Waals surface area contributed by atoms with E-state index in [0.717, 1.165) is 17.7 Å². The second-order valence-electron chi connectivity index (χ2n) is 6.02. The first-order valence-electron chi connectivity index (χ1n) is 8.18. The Labute approximate surface area is 142 Å². The molecule has 0 amide bonds. The molecule has 2 atom stereocenters. The van der Waals surface area contributed by atoms with Gasteiger partial charge in [-0.25, -0.2) is 0 Å². The Morgan fingerprint density at radius 2 is 1.88 bits per heavy atom. The Balaban J connectivity index is 1.67. The number of hydrogen-bond acceptors (Lipinski definition) is 4. The molecule has 1 aromatic heterocycles. The number of aliphatic hydroxyl groups is 1. The minimum atomic E-state index is -0.588. The van der Waals surface area contributed by atoms with Crippen LogP contribution in [0.4, 0.5) is 0 Å². The van der Waals surface area contributed by atoms with Gasteiger partial charge in [0.25, 0.3) is 0 Å². The summed E-state index contributed by atoms with van der Waals surface area (Å²) in [5.74, 6) is 1.49. The Kier molecular flexibility index (Phi) is 5.18. The van der Waals surface area contributed by atoms with Crippen LogP contribution in [0.25, 0.3) is 10.8 Å². The zero-order valence-corrected chi connectivity index (χ0v) is 14.0. The molecule has 0 aliphatic carbocycles. The molecular weight excluding hydrogens is 302 g/mol. The van der Waals surface area contributed by atoms with Crippen molar-refractivity contribution in [3.63, 3.8) is 0 Å². The summed E-state index contributed by atoms with van der Waals surface area (Å²) in [4.78, 5) is 0. The summed E-state index contributed by atoms with van der Waals surface area (Å²) in [6.07, 6.45) is 1.59. The second kappa shape index (κ2) is 7.51. The van der Waals surface area contributed by atoms with Gasteiger partial charge in [0.05, 0.1) is 13.4 Å². The van der Waals surface area contributed by atoms with Crippen LogP contribution < -0.4 is 10.1 Å². The van der Waals surface area contributed by atoms with E-state index in [-0.39, 0.29) is 6.04 Å². The SMILES string of the molecule is COc1ccc(CNC(C)CC(O)c2ccco2)c2ccccc12. The highest BCUT2D eigenvalue weighted by Gasteiger charge is 2.15. The van der Waals surface area contributed by atoms with Crippen molar-refractivity contribution in [2.75, 3.05) is 7.11 Å². The van der Waals surface area contributed by atoms with Crippen LogP contribution in [-0.2, 0) is 6.54 Å². The van der Waals surface area contributed by atoms with Crippen molar-refractivity contribution in [1.29, 1.82) is 0 Å². The number of methoxy groups -OCH3 is 1. The molecule has 1 heterocycles. The molecular formula is C20H23NO3. The van der Waals surface area contributed by atoms with Gasteiger partial charge in [-0.05, 0) is 42.5 Å². The van der Waals surface area contributed by atoms with Crippen molar-refractivity contribution >= 4 is 10.8 Å². The maximum Gasteiger partial charge on any atom is 0.132 e. The third kappa shape index (κ3) is 3.61. The fourth-order valence-electron chi connectivity index (χ4n) is 2.97. The van der Waals surface area contributed by atoms with Gasteiger partial charge in [0, 0.05) is 18.0 Å². The van der Waals surface area contributed by atoms with Gasteiger partial charge >= 0.3 is 0 Å². The summed E-state index contributed by atoms with van der Waals surface area (Å²) in [6, 6.07) is 16.1. The van der Waals surface area contributed by atoms with Crippen molar-refractivity contribution in [3.8, 4) is 5.75 Å². The van der Waals surface area contributed by atoms with E-state index < -0.39 is 6.10 Å². The first kappa shape index (κ1) is 16.6. The number of furan rings is 1. The van der Waals surface area contributed by atoms with Gasteiger partial charge in [-0.15, -0.1) is 0 Å². The van der Waals surface area contributed by atoms with Crippen LogP contribution in [-0.4, -0.2) is 18.3 Å². The summed E-state index contributed by atoms with van der Waals surface area (Å²) >= 11 is 0. The number of benzene rings is 2. The van der Waals surface area contributed by atoms with E-state index in [1.807, 2.05) is 18.2 Å². The minimum absolute atomic E-state index is 0.158. The number of nitrogens with one attached hydrogen (secondary N) is 1. The predicted octanol–water partition coefficient (Wildman–Crippen LogP) is 4.04. The lowest BCUT2D eigenvalue weighted by molar-refractivity contribution is 0.128. The Morgan fingerprint density at radius 1 is 1.08 bits per heavy atom. The van der Waals surface area contributed by atoms with Gasteiger partial charge in [-0.2, -0.15) is 0 Å². The van der Waals surface area contributed by atoms with Crippen LogP contribution in [0.3, 0.4) is 0 Å². The third-order valence-corrected chi connectivity index (χ3v) is 4.28. The van der Waals surface area contributed by atoms with E-state index in [1.54, 1.807) is 25.5 Å². The fraction of sp³-hybridized carbons (Fsp3) is 0.300. The minimum Gasteiger partial charge on any atom is -0.496 e. The third-order valence-electron chi connectivity index (χ3n) is 4.28. The lowest BCUT2D eigenvalue weighted by Gasteiger charge is -2.18. The molecule has 3 rings (SSSR count). The monoisotopic (exact) mass is 325 g/mol. The molecule has 2 N–H and O–H groups in total. The van der Waals surface area contributed by atoms with Gasteiger partial charge in [-0.3, -0.25) is 0 Å². The topological polar surface area (TPSA) is 54.6 Å². The molecule has 4 heteroatoms. The van der Waals surface area contributed by atoms with E-state index >= 15 is 0 Å². The summed E-state index contributed by atoms with van der Waals surface area (Å²) in [7, 11) is 1.69. The molecule has 2 aromatic carbocycles. The molecule has 2 unspecified atom stereocenters. The van der Waals surface area contributed by atoms with Gasteiger partial charge in [-0.1, -0.05) is 30.3 Å². The Morgan fingerprint density at radius 3 is 2.58 bits per heavy atom. The van der Waals surface area contributed by atoms with Gasteiger partial charge in [0.15, 0.2) is 0 Å². The van der Waals surface area contributed by atoms with Crippen molar-refractivity contribution in [3.05, 3.63) is 66.1 Å². The van der Waals surface area contributed by atoms with Crippen LogP contribution >= 0.6 is 0 Å². The molecule has 0 aliphatic rings. The highest BCUT2D eigenvalue weighted by molar-refractivity contribution is 5.91. The van der Waals surface area contributed by atoms with Gasteiger partial charge in [0.2, 0.25) is 0 Å². The van der Waals surface area contributed by atoms with Crippen LogP contribution in [0.2, 0.25) is 0 Å². The summed E-state index contributed by atoms with van der Waals surface area (Å²) < 4.78 is 10.7. The van der Waals surface area contributed by atoms with E-state index in [9.17, 15) is 5.11 Å². The highest BCUT2D eigenvalue weighted by Crippen LogP contribution is 2.28. The number of aliphatic hydroxyl groups excluding tert-OH is 1. The quantitative estimate of drug-likeness (QED) is 0.688. The molecule has 0 radical (unpaired) electrons.